The van der Waals surface area contributed by atoms with Crippen LogP contribution in [-0.4, -0.2) is 33.5 Å². The lowest BCUT2D eigenvalue weighted by molar-refractivity contribution is 0.491. The maximum atomic E-state index is 12.6. The van der Waals surface area contributed by atoms with Gasteiger partial charge in [-0.25, -0.2) is 13.1 Å². The number of nitrogens with zero attached hydrogens (tertiary/aromatic N) is 1. The third kappa shape index (κ3) is 7.49. The normalized spacial score (nSPS) is 15.4. The zero-order valence-corrected chi connectivity index (χ0v) is 18.4. The van der Waals surface area contributed by atoms with Gasteiger partial charge >= 0.3 is 0 Å². The minimum atomic E-state index is -3.57. The first-order chi connectivity index (χ1) is 11.2. The lowest BCUT2D eigenvalue weighted by Gasteiger charge is -2.22. The molecule has 1 saturated carbocycles. The van der Waals surface area contributed by atoms with E-state index in [0.29, 0.717) is 23.0 Å². The van der Waals surface area contributed by atoms with Crippen molar-refractivity contribution in [3.63, 3.8) is 0 Å². The van der Waals surface area contributed by atoms with Crippen LogP contribution in [0.15, 0.2) is 34.2 Å². The number of benzene rings is 1. The quantitative estimate of drug-likeness (QED) is 0.332. The van der Waals surface area contributed by atoms with E-state index in [4.69, 9.17) is 0 Å². The molecule has 1 fully saturated rings. The van der Waals surface area contributed by atoms with Crippen LogP contribution >= 0.6 is 24.0 Å². The maximum absolute atomic E-state index is 12.6. The van der Waals surface area contributed by atoms with Gasteiger partial charge in [0.05, 0.1) is 4.90 Å². The Morgan fingerprint density at radius 2 is 1.84 bits per heavy atom. The van der Waals surface area contributed by atoms with Gasteiger partial charge in [-0.3, -0.25) is 4.99 Å². The molecular weight excluding hydrogens is 451 g/mol. The van der Waals surface area contributed by atoms with Gasteiger partial charge in [0.25, 0.3) is 0 Å². The van der Waals surface area contributed by atoms with E-state index in [1.807, 2.05) is 32.9 Å². The molecule has 0 heterocycles. The minimum absolute atomic E-state index is 0. The van der Waals surface area contributed by atoms with Crippen molar-refractivity contribution in [2.75, 3.05) is 13.6 Å². The summed E-state index contributed by atoms with van der Waals surface area (Å²) in [6.07, 6.45) is 2.53. The highest BCUT2D eigenvalue weighted by molar-refractivity contribution is 14.0. The Kier molecular flexibility index (Phi) is 8.14. The molecule has 0 spiro atoms. The van der Waals surface area contributed by atoms with Crippen LogP contribution in [0.3, 0.4) is 0 Å². The molecule has 1 aliphatic rings. The van der Waals surface area contributed by atoms with Crippen molar-refractivity contribution in [2.45, 2.75) is 50.6 Å². The van der Waals surface area contributed by atoms with Crippen molar-refractivity contribution in [1.29, 1.82) is 0 Å². The van der Waals surface area contributed by atoms with E-state index in [1.54, 1.807) is 19.2 Å². The number of hydrogen-bond acceptors (Lipinski definition) is 3. The van der Waals surface area contributed by atoms with Crippen molar-refractivity contribution in [3.8, 4) is 0 Å². The zero-order valence-electron chi connectivity index (χ0n) is 15.3. The van der Waals surface area contributed by atoms with Gasteiger partial charge in [-0.05, 0) is 51.2 Å². The summed E-state index contributed by atoms with van der Waals surface area (Å²) in [5.74, 6) is 1.44. The third-order valence-electron chi connectivity index (χ3n) is 3.63. The Bertz CT molecular complexity index is 695. The predicted octanol–water partition coefficient (Wildman–Crippen LogP) is 2.46. The number of halogens is 1. The Morgan fingerprint density at radius 1 is 1.20 bits per heavy atom. The van der Waals surface area contributed by atoms with Crippen molar-refractivity contribution < 1.29 is 8.42 Å². The second kappa shape index (κ2) is 9.18. The van der Waals surface area contributed by atoms with Crippen molar-refractivity contribution in [2.24, 2.45) is 10.9 Å². The van der Waals surface area contributed by atoms with Gasteiger partial charge in [0.2, 0.25) is 10.0 Å². The summed E-state index contributed by atoms with van der Waals surface area (Å²) >= 11 is 0. The molecule has 0 aliphatic heterocycles. The molecule has 1 aliphatic carbocycles. The summed E-state index contributed by atoms with van der Waals surface area (Å²) in [7, 11) is -1.85. The third-order valence-corrected chi connectivity index (χ3v) is 5.49. The largest absolute Gasteiger partial charge is 0.356 e. The molecule has 0 aromatic heterocycles. The van der Waals surface area contributed by atoms with Gasteiger partial charge in [-0.1, -0.05) is 18.2 Å². The molecular formula is C17H29IN4O2S. The number of aliphatic imine (C=N–C) groups is 1. The summed E-state index contributed by atoms with van der Waals surface area (Å²) in [4.78, 5) is 4.48. The van der Waals surface area contributed by atoms with Crippen LogP contribution in [0.5, 0.6) is 0 Å². The highest BCUT2D eigenvalue weighted by Crippen LogP contribution is 2.27. The molecule has 3 N–H and O–H groups in total. The fourth-order valence-electron chi connectivity index (χ4n) is 2.33. The molecule has 0 bridgehead atoms. The highest BCUT2D eigenvalue weighted by atomic mass is 127. The number of sulfonamides is 1. The van der Waals surface area contributed by atoms with Gasteiger partial charge in [-0.15, -0.1) is 24.0 Å². The summed E-state index contributed by atoms with van der Waals surface area (Å²) in [5.41, 5.74) is 0.185. The minimum Gasteiger partial charge on any atom is -0.356 e. The molecule has 142 valence electrons. The second-order valence-electron chi connectivity index (χ2n) is 7.21. The molecule has 25 heavy (non-hydrogen) atoms. The molecule has 0 radical (unpaired) electrons. The molecule has 8 heteroatoms. The Balaban J connectivity index is 0.00000312. The number of rotatable bonds is 6. The van der Waals surface area contributed by atoms with Crippen LogP contribution < -0.4 is 15.4 Å². The van der Waals surface area contributed by atoms with Gasteiger partial charge in [0.1, 0.15) is 0 Å². The smallest absolute Gasteiger partial charge is 0.241 e. The number of guanidine groups is 1. The average molecular weight is 480 g/mol. The Morgan fingerprint density at radius 3 is 2.40 bits per heavy atom. The van der Waals surface area contributed by atoms with E-state index < -0.39 is 15.6 Å². The van der Waals surface area contributed by atoms with Crippen molar-refractivity contribution in [3.05, 3.63) is 29.8 Å². The van der Waals surface area contributed by atoms with E-state index in [9.17, 15) is 8.42 Å². The summed E-state index contributed by atoms with van der Waals surface area (Å²) < 4.78 is 27.9. The molecule has 0 saturated heterocycles. The lowest BCUT2D eigenvalue weighted by Crippen LogP contribution is -2.41. The van der Waals surface area contributed by atoms with E-state index in [2.05, 4.69) is 20.3 Å². The topological polar surface area (TPSA) is 82.6 Å². The highest BCUT2D eigenvalue weighted by Gasteiger charge is 2.24. The molecule has 1 aromatic rings. The molecule has 0 atom stereocenters. The molecule has 2 rings (SSSR count). The molecule has 0 unspecified atom stereocenters. The van der Waals surface area contributed by atoms with Crippen LogP contribution in [0.4, 0.5) is 0 Å². The Hall–Kier alpha value is -0.870. The van der Waals surface area contributed by atoms with E-state index in [-0.39, 0.29) is 24.0 Å². The van der Waals surface area contributed by atoms with Gasteiger partial charge < -0.3 is 10.6 Å². The molecule has 6 nitrogen and oxygen atoms in total. The fourth-order valence-corrected chi connectivity index (χ4v) is 3.99. The molecule has 1 aromatic carbocycles. The van der Waals surface area contributed by atoms with Crippen LogP contribution in [0, 0.1) is 5.92 Å². The second-order valence-corrected chi connectivity index (χ2v) is 8.86. The van der Waals surface area contributed by atoms with E-state index >= 15 is 0 Å². The van der Waals surface area contributed by atoms with Gasteiger partial charge in [0.15, 0.2) is 5.96 Å². The monoisotopic (exact) mass is 480 g/mol. The first kappa shape index (κ1) is 22.2. The molecule has 0 amide bonds. The van der Waals surface area contributed by atoms with Crippen molar-refractivity contribution in [1.82, 2.24) is 15.4 Å². The standard InChI is InChI=1S/C17H28N4O2S.HI/c1-17(2,3)21-24(22,23)15-8-6-5-7-14(15)12-20-16(18-4)19-11-13-9-10-13;/h5-8,13,21H,9-12H2,1-4H3,(H2,18,19,20);1H. The number of nitrogens with one attached hydrogen (secondary N) is 3. The zero-order chi connectivity index (χ0) is 17.8. The number of hydrogen-bond donors (Lipinski definition) is 3. The van der Waals surface area contributed by atoms with Crippen molar-refractivity contribution >= 4 is 40.0 Å². The van der Waals surface area contributed by atoms with Gasteiger partial charge in [-0.2, -0.15) is 0 Å². The average Bonchev–Trinajstić information content (AvgIpc) is 3.29. The fraction of sp³-hybridized carbons (Fsp3) is 0.588. The van der Waals surface area contributed by atoms with Crippen LogP contribution in [0.1, 0.15) is 39.2 Å². The predicted molar refractivity (Wildman–Crippen MR) is 113 cm³/mol. The van der Waals surface area contributed by atoms with Crippen LogP contribution in [-0.2, 0) is 16.6 Å². The first-order valence-electron chi connectivity index (χ1n) is 8.28. The Labute approximate surface area is 168 Å². The summed E-state index contributed by atoms with van der Waals surface area (Å²) in [5, 5.41) is 6.46. The van der Waals surface area contributed by atoms with Gasteiger partial charge in [0, 0.05) is 25.7 Å². The van der Waals surface area contributed by atoms with E-state index in [1.165, 1.54) is 12.8 Å². The van der Waals surface area contributed by atoms with Crippen LogP contribution in [0.25, 0.3) is 0 Å². The summed E-state index contributed by atoms with van der Waals surface area (Å²) in [6, 6.07) is 7.03. The van der Waals surface area contributed by atoms with Crippen LogP contribution in [0.2, 0.25) is 0 Å². The first-order valence-corrected chi connectivity index (χ1v) is 9.76. The SMILES string of the molecule is CN=C(NCc1ccccc1S(=O)(=O)NC(C)(C)C)NCC1CC1.I. The summed E-state index contributed by atoms with van der Waals surface area (Å²) in [6.45, 7) is 6.79. The van der Waals surface area contributed by atoms with E-state index in [0.717, 1.165) is 12.5 Å². The lowest BCUT2D eigenvalue weighted by atomic mass is 10.1. The maximum Gasteiger partial charge on any atom is 0.241 e.